The number of rotatable bonds is 4. The molecule has 6 nitrogen and oxygen atoms in total. The lowest BCUT2D eigenvalue weighted by Gasteiger charge is -2.62. The normalized spacial score (nSPS) is 45.2. The average Bonchev–Trinajstić information content (AvgIpc) is 2.73. The van der Waals surface area contributed by atoms with Gasteiger partial charge < -0.3 is 14.2 Å². The highest BCUT2D eigenvalue weighted by Crippen LogP contribution is 2.65. The molecule has 5 fully saturated rings. The van der Waals surface area contributed by atoms with Gasteiger partial charge in [0.05, 0.1) is 25.0 Å². The zero-order valence-corrected chi connectivity index (χ0v) is 19.3. The van der Waals surface area contributed by atoms with Crippen molar-refractivity contribution in [1.82, 2.24) is 4.90 Å². The third kappa shape index (κ3) is 3.82. The number of esters is 2. The van der Waals surface area contributed by atoms with Gasteiger partial charge in [0.2, 0.25) is 0 Å². The van der Waals surface area contributed by atoms with Crippen molar-refractivity contribution in [1.29, 1.82) is 0 Å². The fourth-order valence-electron chi connectivity index (χ4n) is 8.17. The molecule has 5 aliphatic rings. The molecule has 0 radical (unpaired) electrons. The quantitative estimate of drug-likeness (QED) is 0.632. The summed E-state index contributed by atoms with van der Waals surface area (Å²) in [5.41, 5.74) is -0.553. The standard InChI is InChI=1S/C25H39NO5/c1-23-8-5-20-18-4-3-7-24(2,22(28)30-15-12-26-10-13-29-14-11-26)19(18)6-9-25(20,17-23)16-21(27)31-23/h18-20H,3-17H2,1-2H3/t18?,19-,20-,23-,24+,25-/m0/s1. The molecular formula is C25H39NO5. The van der Waals surface area contributed by atoms with Crippen molar-refractivity contribution in [2.24, 2.45) is 28.6 Å². The number of hydrogen-bond donors (Lipinski definition) is 0. The molecule has 3 saturated carbocycles. The molecule has 0 aromatic rings. The molecule has 2 aliphatic heterocycles. The zero-order chi connectivity index (χ0) is 21.7. The summed E-state index contributed by atoms with van der Waals surface area (Å²) in [6.07, 6.45) is 9.01. The molecule has 6 heteroatoms. The van der Waals surface area contributed by atoms with Crippen LogP contribution in [0.4, 0.5) is 0 Å². The van der Waals surface area contributed by atoms with Crippen LogP contribution in [0.3, 0.4) is 0 Å². The van der Waals surface area contributed by atoms with Crippen LogP contribution < -0.4 is 0 Å². The van der Waals surface area contributed by atoms with Gasteiger partial charge in [-0.25, -0.2) is 0 Å². The summed E-state index contributed by atoms with van der Waals surface area (Å²) in [4.78, 5) is 28.1. The molecule has 174 valence electrons. The highest BCUT2D eigenvalue weighted by Gasteiger charge is 2.62. The lowest BCUT2D eigenvalue weighted by atomic mass is 9.44. The van der Waals surface area contributed by atoms with Crippen molar-refractivity contribution in [2.45, 2.75) is 77.2 Å². The second-order valence-electron chi connectivity index (χ2n) is 11.5. The van der Waals surface area contributed by atoms with Crippen molar-refractivity contribution < 1.29 is 23.8 Å². The van der Waals surface area contributed by atoms with Gasteiger partial charge in [-0.3, -0.25) is 14.5 Å². The number of morpholine rings is 1. The van der Waals surface area contributed by atoms with Gasteiger partial charge in [0.15, 0.2) is 0 Å². The van der Waals surface area contributed by atoms with Crippen molar-refractivity contribution in [2.75, 3.05) is 39.5 Å². The first-order valence-corrected chi connectivity index (χ1v) is 12.5. The molecule has 0 amide bonds. The Morgan fingerprint density at radius 3 is 2.68 bits per heavy atom. The molecule has 1 spiro atoms. The SMILES string of the molecule is C[C@@]12CC[C@H]3C4CCC[C@@](C)(C(=O)OCCN5CCOCC5)[C@H]4CC[C@]3(CC(=O)O1)C2. The van der Waals surface area contributed by atoms with Gasteiger partial charge >= 0.3 is 11.9 Å². The average molecular weight is 434 g/mol. The van der Waals surface area contributed by atoms with Crippen LogP contribution in [0.25, 0.3) is 0 Å². The minimum Gasteiger partial charge on any atom is -0.464 e. The van der Waals surface area contributed by atoms with Crippen LogP contribution in [0.15, 0.2) is 0 Å². The predicted octanol–water partition coefficient (Wildman–Crippen LogP) is 3.57. The topological polar surface area (TPSA) is 65.1 Å². The maximum absolute atomic E-state index is 13.4. The van der Waals surface area contributed by atoms with E-state index in [1.165, 1.54) is 6.42 Å². The first kappa shape index (κ1) is 21.7. The molecule has 2 bridgehead atoms. The number of ether oxygens (including phenoxy) is 3. The third-order valence-corrected chi connectivity index (χ3v) is 9.60. The molecule has 0 aromatic carbocycles. The van der Waals surface area contributed by atoms with E-state index in [9.17, 15) is 9.59 Å². The zero-order valence-electron chi connectivity index (χ0n) is 19.3. The summed E-state index contributed by atoms with van der Waals surface area (Å²) in [6.45, 7) is 8.95. The van der Waals surface area contributed by atoms with Crippen molar-refractivity contribution in [3.8, 4) is 0 Å². The van der Waals surface area contributed by atoms with E-state index in [1.54, 1.807) is 0 Å². The van der Waals surface area contributed by atoms with Crippen molar-refractivity contribution in [3.63, 3.8) is 0 Å². The Kier molecular flexibility index (Phi) is 5.61. The van der Waals surface area contributed by atoms with E-state index in [1.807, 2.05) is 0 Å². The molecule has 2 saturated heterocycles. The molecule has 3 aliphatic carbocycles. The van der Waals surface area contributed by atoms with Crippen LogP contribution in [0, 0.1) is 28.6 Å². The molecule has 6 atom stereocenters. The van der Waals surface area contributed by atoms with Crippen LogP contribution >= 0.6 is 0 Å². The Morgan fingerprint density at radius 2 is 1.87 bits per heavy atom. The maximum Gasteiger partial charge on any atom is 0.312 e. The Bertz CT molecular complexity index is 721. The summed E-state index contributed by atoms with van der Waals surface area (Å²) in [7, 11) is 0. The Hall–Kier alpha value is -1.14. The van der Waals surface area contributed by atoms with E-state index in [2.05, 4.69) is 18.7 Å². The van der Waals surface area contributed by atoms with Gasteiger partial charge in [0.1, 0.15) is 12.2 Å². The van der Waals surface area contributed by atoms with E-state index >= 15 is 0 Å². The van der Waals surface area contributed by atoms with Crippen molar-refractivity contribution in [3.05, 3.63) is 0 Å². The molecule has 0 N–H and O–H groups in total. The van der Waals surface area contributed by atoms with Gasteiger partial charge in [0, 0.05) is 19.6 Å². The summed E-state index contributed by atoms with van der Waals surface area (Å²) >= 11 is 0. The molecule has 5 rings (SSSR count). The number of fused-ring (bicyclic) bond motifs is 3. The summed E-state index contributed by atoms with van der Waals surface area (Å²) in [6, 6.07) is 0. The number of hydrogen-bond acceptors (Lipinski definition) is 6. The first-order valence-electron chi connectivity index (χ1n) is 12.5. The van der Waals surface area contributed by atoms with Crippen LogP contribution in [0.2, 0.25) is 0 Å². The molecule has 0 aromatic heterocycles. The molecule has 31 heavy (non-hydrogen) atoms. The lowest BCUT2D eigenvalue weighted by molar-refractivity contribution is -0.213. The van der Waals surface area contributed by atoms with Gasteiger partial charge in [-0.15, -0.1) is 0 Å². The van der Waals surface area contributed by atoms with Gasteiger partial charge in [-0.2, -0.15) is 0 Å². The van der Waals surface area contributed by atoms with Crippen LogP contribution in [0.1, 0.15) is 71.6 Å². The third-order valence-electron chi connectivity index (χ3n) is 9.60. The predicted molar refractivity (Wildman–Crippen MR) is 115 cm³/mol. The van der Waals surface area contributed by atoms with E-state index in [-0.39, 0.29) is 28.4 Å². The van der Waals surface area contributed by atoms with Crippen LogP contribution in [0.5, 0.6) is 0 Å². The van der Waals surface area contributed by atoms with E-state index in [4.69, 9.17) is 14.2 Å². The monoisotopic (exact) mass is 433 g/mol. The number of nitrogens with zero attached hydrogens (tertiary/aromatic N) is 1. The maximum atomic E-state index is 13.4. The number of carbonyl (C=O) groups excluding carboxylic acids is 2. The Morgan fingerprint density at radius 1 is 1.10 bits per heavy atom. The van der Waals surface area contributed by atoms with E-state index in [0.29, 0.717) is 30.8 Å². The molecule has 2 heterocycles. The second kappa shape index (κ2) is 8.02. The fourth-order valence-corrected chi connectivity index (χ4v) is 8.17. The first-order chi connectivity index (χ1) is 14.8. The smallest absolute Gasteiger partial charge is 0.312 e. The summed E-state index contributed by atoms with van der Waals surface area (Å²) in [5, 5.41) is 0. The summed E-state index contributed by atoms with van der Waals surface area (Å²) in [5.74, 6) is 1.48. The van der Waals surface area contributed by atoms with Gasteiger partial charge in [-0.1, -0.05) is 6.42 Å². The highest BCUT2D eigenvalue weighted by molar-refractivity contribution is 5.77. The Balaban J connectivity index is 1.27. The van der Waals surface area contributed by atoms with Crippen LogP contribution in [-0.2, 0) is 23.8 Å². The Labute approximate surface area is 186 Å². The highest BCUT2D eigenvalue weighted by atomic mass is 16.6. The van der Waals surface area contributed by atoms with E-state index < -0.39 is 0 Å². The van der Waals surface area contributed by atoms with E-state index in [0.717, 1.165) is 77.8 Å². The largest absolute Gasteiger partial charge is 0.464 e. The lowest BCUT2D eigenvalue weighted by Crippen LogP contribution is -2.60. The van der Waals surface area contributed by atoms with Gasteiger partial charge in [0.25, 0.3) is 0 Å². The van der Waals surface area contributed by atoms with Gasteiger partial charge in [-0.05, 0) is 82.0 Å². The summed E-state index contributed by atoms with van der Waals surface area (Å²) < 4.78 is 17.1. The minimum atomic E-state index is -0.383. The van der Waals surface area contributed by atoms with Crippen LogP contribution in [-0.4, -0.2) is 61.9 Å². The molecule has 1 unspecified atom stereocenters. The fraction of sp³-hybridized carbons (Fsp3) is 0.920. The van der Waals surface area contributed by atoms with Crippen molar-refractivity contribution >= 4 is 11.9 Å². The minimum absolute atomic E-state index is 0.00186. The number of carbonyl (C=O) groups is 2. The second-order valence-corrected chi connectivity index (χ2v) is 11.5. The molecular weight excluding hydrogens is 394 g/mol.